The molecule has 1 aliphatic heterocycles. The van der Waals surface area contributed by atoms with Gasteiger partial charge < -0.3 is 15.4 Å². The lowest BCUT2D eigenvalue weighted by Gasteiger charge is -2.25. The Morgan fingerprint density at radius 1 is 1.37 bits per heavy atom. The summed E-state index contributed by atoms with van der Waals surface area (Å²) < 4.78 is 7.12. The van der Waals surface area contributed by atoms with E-state index in [2.05, 4.69) is 58.2 Å². The monoisotopic (exact) mass is 388 g/mol. The van der Waals surface area contributed by atoms with Crippen LogP contribution in [0.3, 0.4) is 0 Å². The van der Waals surface area contributed by atoms with E-state index in [0.717, 1.165) is 43.5 Å². The second-order valence-corrected chi connectivity index (χ2v) is 7.36. The Bertz CT molecular complexity index is 758. The minimum atomic E-state index is 0.284. The highest BCUT2D eigenvalue weighted by Gasteiger charge is 2.22. The van der Waals surface area contributed by atoms with E-state index in [4.69, 9.17) is 9.73 Å². The molecule has 2 N–H and O–H groups in total. The van der Waals surface area contributed by atoms with E-state index in [1.165, 1.54) is 10.5 Å². The van der Waals surface area contributed by atoms with Gasteiger partial charge in [0.1, 0.15) is 12.4 Å². The van der Waals surface area contributed by atoms with Gasteiger partial charge in [0.25, 0.3) is 0 Å². The SMILES string of the molecule is CCNC(=NCc1ccc(SC)cc1)NC1CCc2nc(COC)nn2C1. The molecule has 2 aromatic rings. The molecular formula is C19H28N6OS. The quantitative estimate of drug-likeness (QED) is 0.430. The molecule has 0 bridgehead atoms. The molecule has 1 atom stereocenters. The van der Waals surface area contributed by atoms with Gasteiger partial charge in [0, 0.05) is 31.0 Å². The number of aliphatic imine (C=N–C) groups is 1. The van der Waals surface area contributed by atoms with E-state index in [-0.39, 0.29) is 6.04 Å². The highest BCUT2D eigenvalue weighted by atomic mass is 32.2. The van der Waals surface area contributed by atoms with Crippen LogP contribution >= 0.6 is 11.8 Å². The van der Waals surface area contributed by atoms with E-state index in [1.54, 1.807) is 18.9 Å². The number of aryl methyl sites for hydroxylation is 1. The molecule has 0 saturated carbocycles. The molecule has 7 nitrogen and oxygen atoms in total. The number of rotatable bonds is 7. The van der Waals surface area contributed by atoms with E-state index in [9.17, 15) is 0 Å². The van der Waals surface area contributed by atoms with Gasteiger partial charge in [-0.15, -0.1) is 11.8 Å². The fourth-order valence-corrected chi connectivity index (χ4v) is 3.49. The van der Waals surface area contributed by atoms with Gasteiger partial charge in [0.2, 0.25) is 0 Å². The third kappa shape index (κ3) is 5.46. The molecule has 0 saturated heterocycles. The summed E-state index contributed by atoms with van der Waals surface area (Å²) in [6.07, 6.45) is 4.01. The lowest BCUT2D eigenvalue weighted by Crippen LogP contribution is -2.47. The molecule has 0 fully saturated rings. The Morgan fingerprint density at radius 2 is 2.19 bits per heavy atom. The minimum absolute atomic E-state index is 0.284. The second kappa shape index (κ2) is 9.75. The highest BCUT2D eigenvalue weighted by molar-refractivity contribution is 7.98. The zero-order valence-electron chi connectivity index (χ0n) is 16.2. The third-order valence-electron chi connectivity index (χ3n) is 4.44. The fourth-order valence-electron chi connectivity index (χ4n) is 3.08. The Labute approximate surface area is 165 Å². The maximum Gasteiger partial charge on any atom is 0.191 e. The molecule has 2 heterocycles. The zero-order chi connectivity index (χ0) is 19.1. The van der Waals surface area contributed by atoms with Crippen LogP contribution in [0, 0.1) is 0 Å². The predicted octanol–water partition coefficient (Wildman–Crippen LogP) is 2.22. The number of guanidine groups is 1. The van der Waals surface area contributed by atoms with Crippen LogP contribution in [0.2, 0.25) is 0 Å². The molecule has 1 aromatic carbocycles. The summed E-state index contributed by atoms with van der Waals surface area (Å²) in [6.45, 7) is 4.81. The van der Waals surface area contributed by atoms with Crippen LogP contribution in [0.4, 0.5) is 0 Å². The van der Waals surface area contributed by atoms with Gasteiger partial charge in [-0.05, 0) is 37.3 Å². The topological polar surface area (TPSA) is 76.4 Å². The number of ether oxygens (including phenoxy) is 1. The average Bonchev–Trinajstić information content (AvgIpc) is 3.08. The molecule has 1 aliphatic rings. The van der Waals surface area contributed by atoms with Crippen molar-refractivity contribution in [2.75, 3.05) is 19.9 Å². The van der Waals surface area contributed by atoms with Gasteiger partial charge in [0.05, 0.1) is 13.1 Å². The number of hydrogen-bond donors (Lipinski definition) is 2. The molecule has 146 valence electrons. The molecule has 0 spiro atoms. The summed E-state index contributed by atoms with van der Waals surface area (Å²) in [7, 11) is 1.66. The minimum Gasteiger partial charge on any atom is -0.377 e. The zero-order valence-corrected chi connectivity index (χ0v) is 17.1. The average molecular weight is 389 g/mol. The van der Waals surface area contributed by atoms with Crippen molar-refractivity contribution < 1.29 is 4.74 Å². The fraction of sp³-hybridized carbons (Fsp3) is 0.526. The van der Waals surface area contributed by atoms with Gasteiger partial charge in [-0.25, -0.2) is 14.7 Å². The van der Waals surface area contributed by atoms with Crippen molar-refractivity contribution in [3.8, 4) is 0 Å². The first-order valence-electron chi connectivity index (χ1n) is 9.31. The van der Waals surface area contributed by atoms with Crippen molar-refractivity contribution in [1.29, 1.82) is 0 Å². The predicted molar refractivity (Wildman–Crippen MR) is 109 cm³/mol. The molecule has 1 unspecified atom stereocenters. The van der Waals surface area contributed by atoms with Gasteiger partial charge >= 0.3 is 0 Å². The summed E-state index contributed by atoms with van der Waals surface area (Å²) in [6, 6.07) is 8.84. The molecule has 1 aromatic heterocycles. The number of benzene rings is 1. The van der Waals surface area contributed by atoms with E-state index >= 15 is 0 Å². The lowest BCUT2D eigenvalue weighted by molar-refractivity contribution is 0.177. The number of hydrogen-bond acceptors (Lipinski definition) is 5. The summed E-state index contributed by atoms with van der Waals surface area (Å²) >= 11 is 1.75. The van der Waals surface area contributed by atoms with Crippen molar-refractivity contribution in [3.63, 3.8) is 0 Å². The lowest BCUT2D eigenvalue weighted by atomic mass is 10.1. The number of methoxy groups -OCH3 is 1. The number of thioether (sulfide) groups is 1. The van der Waals surface area contributed by atoms with E-state index in [0.29, 0.717) is 13.2 Å². The molecular weight excluding hydrogens is 360 g/mol. The van der Waals surface area contributed by atoms with Gasteiger partial charge in [-0.2, -0.15) is 5.10 Å². The Balaban J connectivity index is 1.61. The Kier molecular flexibility index (Phi) is 7.11. The van der Waals surface area contributed by atoms with Crippen LogP contribution in [0.1, 0.15) is 30.6 Å². The van der Waals surface area contributed by atoms with E-state index in [1.807, 2.05) is 4.68 Å². The Morgan fingerprint density at radius 3 is 2.89 bits per heavy atom. The van der Waals surface area contributed by atoms with Crippen molar-refractivity contribution >= 4 is 17.7 Å². The molecule has 0 aliphatic carbocycles. The normalized spacial score (nSPS) is 16.9. The van der Waals surface area contributed by atoms with Crippen LogP contribution in [0.15, 0.2) is 34.2 Å². The van der Waals surface area contributed by atoms with Gasteiger partial charge in [-0.1, -0.05) is 12.1 Å². The number of fused-ring (bicyclic) bond motifs is 1. The maximum atomic E-state index is 5.13. The molecule has 0 amide bonds. The number of aromatic nitrogens is 3. The van der Waals surface area contributed by atoms with Crippen LogP contribution in [0.25, 0.3) is 0 Å². The smallest absolute Gasteiger partial charge is 0.191 e. The van der Waals surface area contributed by atoms with Crippen molar-refractivity contribution in [2.45, 2.75) is 50.4 Å². The first kappa shape index (κ1) is 19.7. The summed E-state index contributed by atoms with van der Waals surface area (Å²) in [5.74, 6) is 2.63. The maximum absolute atomic E-state index is 5.13. The van der Waals surface area contributed by atoms with Crippen molar-refractivity contribution in [2.24, 2.45) is 4.99 Å². The van der Waals surface area contributed by atoms with Crippen LogP contribution in [-0.4, -0.2) is 46.7 Å². The van der Waals surface area contributed by atoms with Crippen molar-refractivity contribution in [3.05, 3.63) is 41.5 Å². The number of nitrogens with one attached hydrogen (secondary N) is 2. The summed E-state index contributed by atoms with van der Waals surface area (Å²) in [5, 5.41) is 11.4. The van der Waals surface area contributed by atoms with Crippen LogP contribution in [0.5, 0.6) is 0 Å². The summed E-state index contributed by atoms with van der Waals surface area (Å²) in [4.78, 5) is 10.5. The van der Waals surface area contributed by atoms with Crippen LogP contribution in [-0.2, 0) is 30.9 Å². The Hall–Kier alpha value is -2.06. The highest BCUT2D eigenvalue weighted by Crippen LogP contribution is 2.16. The van der Waals surface area contributed by atoms with Gasteiger partial charge in [-0.3, -0.25) is 0 Å². The molecule has 27 heavy (non-hydrogen) atoms. The first-order chi connectivity index (χ1) is 13.2. The van der Waals surface area contributed by atoms with E-state index < -0.39 is 0 Å². The largest absolute Gasteiger partial charge is 0.377 e. The van der Waals surface area contributed by atoms with Crippen LogP contribution < -0.4 is 10.6 Å². The molecule has 0 radical (unpaired) electrons. The number of nitrogens with zero attached hydrogens (tertiary/aromatic N) is 4. The van der Waals surface area contributed by atoms with Crippen molar-refractivity contribution in [1.82, 2.24) is 25.4 Å². The first-order valence-corrected chi connectivity index (χ1v) is 10.5. The third-order valence-corrected chi connectivity index (χ3v) is 5.18. The molecule has 3 rings (SSSR count). The van der Waals surface area contributed by atoms with Gasteiger partial charge in [0.15, 0.2) is 11.8 Å². The summed E-state index contributed by atoms with van der Waals surface area (Å²) in [5.41, 5.74) is 1.21. The second-order valence-electron chi connectivity index (χ2n) is 6.48. The molecule has 8 heteroatoms. The standard InChI is InChI=1S/C19H28N6OS/c1-4-20-19(21-11-14-5-8-16(27-3)9-6-14)22-15-7-10-18-23-17(13-26-2)24-25(18)12-15/h5-6,8-9,15H,4,7,10-13H2,1-3H3,(H2,20,21,22).